The third kappa shape index (κ3) is 3.82. The maximum absolute atomic E-state index is 11.7. The molecule has 26 heavy (non-hydrogen) atoms. The van der Waals surface area contributed by atoms with E-state index in [9.17, 15) is 4.79 Å². The molecular weight excluding hydrogens is 374 g/mol. The van der Waals surface area contributed by atoms with Gasteiger partial charge in [0.2, 0.25) is 0 Å². The molecule has 1 amide bonds. The Hall–Kier alpha value is -2.95. The van der Waals surface area contributed by atoms with Gasteiger partial charge in [-0.1, -0.05) is 17.7 Å². The molecule has 0 saturated carbocycles. The van der Waals surface area contributed by atoms with Crippen LogP contribution in [-0.4, -0.2) is 18.2 Å². The molecule has 1 fully saturated rings. The summed E-state index contributed by atoms with van der Waals surface area (Å²) in [4.78, 5) is 12.1. The van der Waals surface area contributed by atoms with Crippen LogP contribution in [0.15, 0.2) is 41.3 Å². The third-order valence-corrected chi connectivity index (χ3v) is 4.55. The van der Waals surface area contributed by atoms with Crippen LogP contribution in [0.4, 0.5) is 0 Å². The Bertz CT molecular complexity index is 982. The summed E-state index contributed by atoms with van der Waals surface area (Å²) in [5.41, 5.74) is 1.17. The Balaban J connectivity index is 1.88. The number of benzene rings is 2. The summed E-state index contributed by atoms with van der Waals surface area (Å²) in [6, 6.07) is 11.9. The summed E-state index contributed by atoms with van der Waals surface area (Å²) in [6.07, 6.45) is 1.67. The predicted molar refractivity (Wildman–Crippen MR) is 101 cm³/mol. The number of nitrogens with zero attached hydrogens (tertiary/aromatic N) is 1. The minimum Gasteiger partial charge on any atom is -0.493 e. The molecule has 0 spiro atoms. The molecule has 2 N–H and O–H groups in total. The number of ether oxygens (including phenoxy) is 2. The highest BCUT2D eigenvalue weighted by atomic mass is 35.5. The van der Waals surface area contributed by atoms with Gasteiger partial charge in [0.05, 0.1) is 28.7 Å². The average Bonchev–Trinajstić information content (AvgIpc) is 2.94. The summed E-state index contributed by atoms with van der Waals surface area (Å²) in [7, 11) is 1.51. The van der Waals surface area contributed by atoms with Gasteiger partial charge in [0.15, 0.2) is 16.7 Å². The lowest BCUT2D eigenvalue weighted by Crippen LogP contribution is -2.18. The van der Waals surface area contributed by atoms with Crippen LogP contribution < -0.4 is 14.8 Å². The largest absolute Gasteiger partial charge is 0.493 e. The average molecular weight is 386 g/mol. The monoisotopic (exact) mass is 385 g/mol. The molecule has 0 unspecified atom stereocenters. The lowest BCUT2D eigenvalue weighted by atomic mass is 10.2. The standard InChI is InChI=1S/C18H12ClN3O3S/c1-24-15-7-10(8-16-17(23)22-18(21)26-16)2-5-14(15)25-13-4-3-11(9-20)6-12(13)19/h2-8H,1H3,(H2,21,22,23). The van der Waals surface area contributed by atoms with E-state index >= 15 is 0 Å². The normalized spacial score (nSPS) is 14.9. The van der Waals surface area contributed by atoms with Crippen LogP contribution in [0, 0.1) is 16.7 Å². The molecule has 130 valence electrons. The number of nitriles is 1. The summed E-state index contributed by atoms with van der Waals surface area (Å²) < 4.78 is 11.1. The van der Waals surface area contributed by atoms with Gasteiger partial charge < -0.3 is 14.8 Å². The van der Waals surface area contributed by atoms with Gasteiger partial charge in [-0.05, 0) is 53.7 Å². The third-order valence-electron chi connectivity index (χ3n) is 3.43. The molecule has 6 nitrogen and oxygen atoms in total. The first-order chi connectivity index (χ1) is 12.5. The quantitative estimate of drug-likeness (QED) is 0.771. The van der Waals surface area contributed by atoms with Crippen molar-refractivity contribution in [3.63, 3.8) is 0 Å². The highest BCUT2D eigenvalue weighted by molar-refractivity contribution is 8.18. The van der Waals surface area contributed by atoms with Crippen LogP contribution in [-0.2, 0) is 4.79 Å². The lowest BCUT2D eigenvalue weighted by molar-refractivity contribution is -0.115. The minimum absolute atomic E-state index is 0.101. The minimum atomic E-state index is -0.302. The number of thioether (sulfide) groups is 1. The van der Waals surface area contributed by atoms with Gasteiger partial charge in [-0.2, -0.15) is 5.26 Å². The number of amidine groups is 1. The maximum atomic E-state index is 11.7. The molecule has 2 aromatic carbocycles. The molecule has 1 heterocycles. The number of hydrogen-bond acceptors (Lipinski definition) is 6. The number of hydrogen-bond donors (Lipinski definition) is 2. The van der Waals surface area contributed by atoms with E-state index in [0.29, 0.717) is 32.7 Å². The molecule has 8 heteroatoms. The van der Waals surface area contributed by atoms with Crippen molar-refractivity contribution in [3.05, 3.63) is 57.5 Å². The van der Waals surface area contributed by atoms with Crippen molar-refractivity contribution >= 4 is 40.5 Å². The fourth-order valence-electron chi connectivity index (χ4n) is 2.22. The van der Waals surface area contributed by atoms with Crippen molar-refractivity contribution in [3.8, 4) is 23.3 Å². The van der Waals surface area contributed by atoms with Crippen molar-refractivity contribution in [1.29, 1.82) is 10.7 Å². The molecular formula is C18H12ClN3O3S. The van der Waals surface area contributed by atoms with Crippen LogP contribution in [0.25, 0.3) is 6.08 Å². The summed E-state index contributed by atoms with van der Waals surface area (Å²) in [5.74, 6) is 0.994. The van der Waals surface area contributed by atoms with Gasteiger partial charge in [0.1, 0.15) is 5.75 Å². The highest BCUT2D eigenvalue weighted by Crippen LogP contribution is 2.37. The predicted octanol–water partition coefficient (Wildman–Crippen LogP) is 4.15. The van der Waals surface area contributed by atoms with Crippen LogP contribution in [0.5, 0.6) is 17.2 Å². The van der Waals surface area contributed by atoms with Crippen molar-refractivity contribution in [1.82, 2.24) is 5.32 Å². The molecule has 1 aliphatic heterocycles. The van der Waals surface area contributed by atoms with Gasteiger partial charge in [-0.15, -0.1) is 0 Å². The van der Waals surface area contributed by atoms with E-state index in [4.69, 9.17) is 31.7 Å². The van der Waals surface area contributed by atoms with Crippen molar-refractivity contribution < 1.29 is 14.3 Å². The summed E-state index contributed by atoms with van der Waals surface area (Å²) >= 11 is 7.20. The van der Waals surface area contributed by atoms with E-state index in [2.05, 4.69) is 5.32 Å². The first-order valence-electron chi connectivity index (χ1n) is 7.35. The Morgan fingerprint density at radius 2 is 2.00 bits per heavy atom. The van der Waals surface area contributed by atoms with Crippen LogP contribution in [0.2, 0.25) is 5.02 Å². The fourth-order valence-corrected chi connectivity index (χ4v) is 3.14. The smallest absolute Gasteiger partial charge is 0.264 e. The number of methoxy groups -OCH3 is 1. The molecule has 0 aliphatic carbocycles. The van der Waals surface area contributed by atoms with Gasteiger partial charge in [-0.3, -0.25) is 10.2 Å². The molecule has 0 bridgehead atoms. The molecule has 2 aromatic rings. The second kappa shape index (κ2) is 7.52. The SMILES string of the molecule is COc1cc(C=C2SC(=N)NC2=O)ccc1Oc1ccc(C#N)cc1Cl. The number of carbonyl (C=O) groups excluding carboxylic acids is 1. The summed E-state index contributed by atoms with van der Waals surface area (Å²) in [5, 5.41) is 19.2. The van der Waals surface area contributed by atoms with Gasteiger partial charge in [-0.25, -0.2) is 0 Å². The van der Waals surface area contributed by atoms with E-state index in [1.165, 1.54) is 13.2 Å². The van der Waals surface area contributed by atoms with Crippen LogP contribution >= 0.6 is 23.4 Å². The maximum Gasteiger partial charge on any atom is 0.264 e. The zero-order chi connectivity index (χ0) is 18.7. The second-order valence-electron chi connectivity index (χ2n) is 5.16. The van der Waals surface area contributed by atoms with Crippen molar-refractivity contribution in [2.24, 2.45) is 0 Å². The number of rotatable bonds is 4. The van der Waals surface area contributed by atoms with Gasteiger partial charge in [0.25, 0.3) is 5.91 Å². The van der Waals surface area contributed by atoms with Gasteiger partial charge in [0, 0.05) is 0 Å². The van der Waals surface area contributed by atoms with E-state index in [0.717, 1.165) is 17.3 Å². The van der Waals surface area contributed by atoms with Crippen molar-refractivity contribution in [2.75, 3.05) is 7.11 Å². The number of halogens is 1. The molecule has 0 radical (unpaired) electrons. The van der Waals surface area contributed by atoms with Crippen molar-refractivity contribution in [2.45, 2.75) is 0 Å². The fraction of sp³-hybridized carbons (Fsp3) is 0.0556. The Morgan fingerprint density at radius 1 is 1.23 bits per heavy atom. The van der Waals surface area contributed by atoms with E-state index < -0.39 is 0 Å². The zero-order valence-corrected chi connectivity index (χ0v) is 15.1. The number of nitrogens with one attached hydrogen (secondary N) is 2. The number of amides is 1. The first kappa shape index (κ1) is 17.9. The lowest BCUT2D eigenvalue weighted by Gasteiger charge is -2.12. The number of carbonyl (C=O) groups is 1. The molecule has 1 saturated heterocycles. The van der Waals surface area contributed by atoms with Crippen LogP contribution in [0.3, 0.4) is 0 Å². The Morgan fingerprint density at radius 3 is 2.62 bits per heavy atom. The zero-order valence-electron chi connectivity index (χ0n) is 13.5. The topological polar surface area (TPSA) is 95.2 Å². The first-order valence-corrected chi connectivity index (χ1v) is 8.54. The molecule has 0 aromatic heterocycles. The molecule has 1 aliphatic rings. The molecule has 0 atom stereocenters. The van der Waals surface area contributed by atoms with Crippen LogP contribution in [0.1, 0.15) is 11.1 Å². The van der Waals surface area contributed by atoms with E-state index in [-0.39, 0.29) is 11.1 Å². The summed E-state index contributed by atoms with van der Waals surface area (Å²) in [6.45, 7) is 0. The second-order valence-corrected chi connectivity index (χ2v) is 6.62. The van der Waals surface area contributed by atoms with E-state index in [1.807, 2.05) is 6.07 Å². The highest BCUT2D eigenvalue weighted by Gasteiger charge is 2.22. The Kier molecular flexibility index (Phi) is 5.16. The Labute approximate surface area is 158 Å². The van der Waals surface area contributed by atoms with Gasteiger partial charge >= 0.3 is 0 Å². The van der Waals surface area contributed by atoms with E-state index in [1.54, 1.807) is 36.4 Å². The molecule has 3 rings (SSSR count).